The summed E-state index contributed by atoms with van der Waals surface area (Å²) in [6, 6.07) is 9.86. The average Bonchev–Trinajstić information content (AvgIpc) is 3.42. The number of likely N-dealkylation sites (N-methyl/N-ethyl adjacent to an activating group) is 1. The van der Waals surface area contributed by atoms with Gasteiger partial charge in [-0.1, -0.05) is 30.3 Å². The summed E-state index contributed by atoms with van der Waals surface area (Å²) in [5.41, 5.74) is 1.08. The molecule has 0 heterocycles. The Hall–Kier alpha value is -1.35. The highest BCUT2D eigenvalue weighted by atomic mass is 127. The van der Waals surface area contributed by atoms with E-state index in [-0.39, 0.29) is 36.4 Å². The average molecular weight is 460 g/mol. The Kier molecular flexibility index (Phi) is 10.5. The normalized spacial score (nSPS) is 13.8. The summed E-state index contributed by atoms with van der Waals surface area (Å²) < 4.78 is 5.63. The third-order valence-corrected chi connectivity index (χ3v) is 3.93. The Morgan fingerprint density at radius 1 is 1.28 bits per heavy atom. The van der Waals surface area contributed by atoms with Crippen molar-refractivity contribution in [3.63, 3.8) is 0 Å². The molecule has 2 rings (SSSR count). The molecule has 2 N–H and O–H groups in total. The SMILES string of the molecule is CN=C(NCC(=O)NCc1ccccc1)N(C)CCOCC1CC1.I. The molecule has 1 aliphatic rings. The van der Waals surface area contributed by atoms with Gasteiger partial charge in [-0.25, -0.2) is 0 Å². The summed E-state index contributed by atoms with van der Waals surface area (Å²) in [5, 5.41) is 5.96. The number of hydrogen-bond acceptors (Lipinski definition) is 3. The minimum absolute atomic E-state index is 0. The van der Waals surface area contributed by atoms with Gasteiger partial charge in [-0.05, 0) is 24.3 Å². The molecule has 1 aromatic rings. The van der Waals surface area contributed by atoms with Crippen molar-refractivity contribution in [2.45, 2.75) is 19.4 Å². The Morgan fingerprint density at radius 3 is 2.64 bits per heavy atom. The Balaban J connectivity index is 0.00000312. The van der Waals surface area contributed by atoms with E-state index in [1.54, 1.807) is 7.05 Å². The lowest BCUT2D eigenvalue weighted by Crippen LogP contribution is -2.44. The van der Waals surface area contributed by atoms with Gasteiger partial charge in [0.25, 0.3) is 0 Å². The van der Waals surface area contributed by atoms with Gasteiger partial charge in [0.05, 0.1) is 13.2 Å². The summed E-state index contributed by atoms with van der Waals surface area (Å²) in [6.45, 7) is 3.02. The number of carbonyl (C=O) groups excluding carboxylic acids is 1. The third-order valence-electron chi connectivity index (χ3n) is 3.93. The molecule has 1 aliphatic carbocycles. The Bertz CT molecular complexity index is 535. The second kappa shape index (κ2) is 12.1. The number of guanidine groups is 1. The molecule has 0 atom stereocenters. The Labute approximate surface area is 167 Å². The molecular weight excluding hydrogens is 431 g/mol. The van der Waals surface area contributed by atoms with Crippen LogP contribution < -0.4 is 10.6 Å². The molecule has 0 aromatic heterocycles. The highest BCUT2D eigenvalue weighted by Gasteiger charge is 2.21. The van der Waals surface area contributed by atoms with Gasteiger partial charge < -0.3 is 20.3 Å². The molecule has 0 unspecified atom stereocenters. The van der Waals surface area contributed by atoms with Gasteiger partial charge >= 0.3 is 0 Å². The van der Waals surface area contributed by atoms with E-state index in [9.17, 15) is 4.79 Å². The zero-order chi connectivity index (χ0) is 17.2. The highest BCUT2D eigenvalue weighted by Crippen LogP contribution is 2.28. The molecular formula is C18H29IN4O2. The number of benzene rings is 1. The molecule has 6 nitrogen and oxygen atoms in total. The second-order valence-corrected chi connectivity index (χ2v) is 6.10. The van der Waals surface area contributed by atoms with Crippen LogP contribution in [0, 0.1) is 5.92 Å². The van der Waals surface area contributed by atoms with Crippen molar-refractivity contribution in [1.82, 2.24) is 15.5 Å². The van der Waals surface area contributed by atoms with Crippen LogP contribution >= 0.6 is 24.0 Å². The number of hydrogen-bond donors (Lipinski definition) is 2. The number of halogens is 1. The quantitative estimate of drug-likeness (QED) is 0.256. The van der Waals surface area contributed by atoms with E-state index in [4.69, 9.17) is 4.74 Å². The van der Waals surface area contributed by atoms with Gasteiger partial charge in [-0.15, -0.1) is 24.0 Å². The predicted molar refractivity (Wildman–Crippen MR) is 111 cm³/mol. The molecule has 140 valence electrons. The fraction of sp³-hybridized carbons (Fsp3) is 0.556. The van der Waals surface area contributed by atoms with E-state index in [2.05, 4.69) is 15.6 Å². The fourth-order valence-electron chi connectivity index (χ4n) is 2.24. The van der Waals surface area contributed by atoms with Crippen LogP contribution in [0.15, 0.2) is 35.3 Å². The smallest absolute Gasteiger partial charge is 0.239 e. The topological polar surface area (TPSA) is 66.0 Å². The molecule has 1 amide bonds. The van der Waals surface area contributed by atoms with E-state index in [0.717, 1.165) is 24.6 Å². The van der Waals surface area contributed by atoms with Gasteiger partial charge in [0, 0.05) is 33.8 Å². The predicted octanol–water partition coefficient (Wildman–Crippen LogP) is 1.85. The lowest BCUT2D eigenvalue weighted by Gasteiger charge is -2.21. The fourth-order valence-corrected chi connectivity index (χ4v) is 2.24. The standard InChI is InChI=1S/C18H28N4O2.HI/c1-19-18(22(2)10-11-24-14-16-8-9-16)21-13-17(23)20-12-15-6-4-3-5-7-15;/h3-7,16H,8-14H2,1-2H3,(H,19,21)(H,20,23);1H. The maximum absolute atomic E-state index is 11.9. The van der Waals surface area contributed by atoms with Gasteiger partial charge in [-0.2, -0.15) is 0 Å². The number of carbonyl (C=O) groups is 1. The van der Waals surface area contributed by atoms with Crippen LogP contribution in [-0.4, -0.2) is 57.2 Å². The van der Waals surface area contributed by atoms with Crippen LogP contribution in [0.2, 0.25) is 0 Å². The second-order valence-electron chi connectivity index (χ2n) is 6.10. The van der Waals surface area contributed by atoms with Gasteiger partial charge in [0.1, 0.15) is 0 Å². The van der Waals surface area contributed by atoms with Gasteiger partial charge in [0.2, 0.25) is 5.91 Å². The first-order valence-corrected chi connectivity index (χ1v) is 8.49. The highest BCUT2D eigenvalue weighted by molar-refractivity contribution is 14.0. The van der Waals surface area contributed by atoms with Crippen LogP contribution in [0.3, 0.4) is 0 Å². The maximum atomic E-state index is 11.9. The van der Waals surface area contributed by atoms with Crippen molar-refractivity contribution in [1.29, 1.82) is 0 Å². The van der Waals surface area contributed by atoms with Crippen molar-refractivity contribution in [2.75, 3.05) is 40.4 Å². The van der Waals surface area contributed by atoms with Crippen LogP contribution in [-0.2, 0) is 16.1 Å². The van der Waals surface area contributed by atoms with Crippen molar-refractivity contribution >= 4 is 35.8 Å². The van der Waals surface area contributed by atoms with Crippen LogP contribution in [0.4, 0.5) is 0 Å². The van der Waals surface area contributed by atoms with E-state index in [1.165, 1.54) is 12.8 Å². The van der Waals surface area contributed by atoms with E-state index in [1.807, 2.05) is 42.3 Å². The lowest BCUT2D eigenvalue weighted by atomic mass is 10.2. The largest absolute Gasteiger partial charge is 0.379 e. The molecule has 1 aromatic carbocycles. The van der Waals surface area contributed by atoms with E-state index >= 15 is 0 Å². The van der Waals surface area contributed by atoms with E-state index in [0.29, 0.717) is 19.1 Å². The molecule has 0 spiro atoms. The number of amides is 1. The van der Waals surface area contributed by atoms with Crippen molar-refractivity contribution in [3.05, 3.63) is 35.9 Å². The van der Waals surface area contributed by atoms with Crippen molar-refractivity contribution in [2.24, 2.45) is 10.9 Å². The minimum Gasteiger partial charge on any atom is -0.379 e. The summed E-state index contributed by atoms with van der Waals surface area (Å²) in [7, 11) is 3.66. The van der Waals surface area contributed by atoms with Crippen molar-refractivity contribution in [3.8, 4) is 0 Å². The Morgan fingerprint density at radius 2 is 2.00 bits per heavy atom. The maximum Gasteiger partial charge on any atom is 0.239 e. The number of rotatable bonds is 9. The van der Waals surface area contributed by atoms with E-state index < -0.39 is 0 Å². The molecule has 0 saturated heterocycles. The molecule has 0 aliphatic heterocycles. The summed E-state index contributed by atoms with van der Waals surface area (Å²) >= 11 is 0. The zero-order valence-corrected chi connectivity index (χ0v) is 17.4. The minimum atomic E-state index is -0.0570. The number of nitrogens with zero attached hydrogens (tertiary/aromatic N) is 2. The summed E-state index contributed by atoms with van der Waals surface area (Å²) in [5.74, 6) is 1.42. The van der Waals surface area contributed by atoms with Gasteiger partial charge in [0.15, 0.2) is 5.96 Å². The monoisotopic (exact) mass is 460 g/mol. The molecule has 25 heavy (non-hydrogen) atoms. The molecule has 1 saturated carbocycles. The summed E-state index contributed by atoms with van der Waals surface area (Å²) in [6.07, 6.45) is 2.61. The number of nitrogens with one attached hydrogen (secondary N) is 2. The number of aliphatic imine (C=N–C) groups is 1. The molecule has 1 fully saturated rings. The van der Waals surface area contributed by atoms with Gasteiger partial charge in [-0.3, -0.25) is 9.79 Å². The first-order valence-electron chi connectivity index (χ1n) is 8.49. The lowest BCUT2D eigenvalue weighted by molar-refractivity contribution is -0.120. The molecule has 0 bridgehead atoms. The van der Waals surface area contributed by atoms with Crippen LogP contribution in [0.25, 0.3) is 0 Å². The first-order chi connectivity index (χ1) is 11.7. The van der Waals surface area contributed by atoms with Crippen LogP contribution in [0.1, 0.15) is 18.4 Å². The summed E-state index contributed by atoms with van der Waals surface area (Å²) in [4.78, 5) is 18.1. The third kappa shape index (κ3) is 9.06. The van der Waals surface area contributed by atoms with Crippen molar-refractivity contribution < 1.29 is 9.53 Å². The number of ether oxygens (including phenoxy) is 1. The molecule has 7 heteroatoms. The first kappa shape index (κ1) is 21.7. The van der Waals surface area contributed by atoms with Crippen LogP contribution in [0.5, 0.6) is 0 Å². The molecule has 0 radical (unpaired) electrons. The zero-order valence-electron chi connectivity index (χ0n) is 15.0.